The van der Waals surface area contributed by atoms with E-state index in [1.165, 1.54) is 14.0 Å². The van der Waals surface area contributed by atoms with Gasteiger partial charge in [0, 0.05) is 25.6 Å². The number of rotatable bonds is 22. The van der Waals surface area contributed by atoms with Crippen molar-refractivity contribution in [3.8, 4) is 0 Å². The zero-order valence-corrected chi connectivity index (χ0v) is 29.4. The van der Waals surface area contributed by atoms with Crippen LogP contribution in [0, 0.1) is 5.41 Å². The average Bonchev–Trinajstić information content (AvgIpc) is 3.70. The SMILES string of the molecule is CN(CC(O)C(O)C(O)C(O)COC1OC(CC2(C)CC2)C(O)C(O)C1(C)O)OCC(=O)NC(C)(C)CCOC(C)(C)CCCC(=O)O. The van der Waals surface area contributed by atoms with Crippen LogP contribution in [-0.4, -0.2) is 157 Å². The highest BCUT2D eigenvalue weighted by Gasteiger charge is 2.55. The Morgan fingerprint density at radius 2 is 1.62 bits per heavy atom. The van der Waals surface area contributed by atoms with Crippen LogP contribution < -0.4 is 5.32 Å². The molecule has 2 rings (SSSR count). The Balaban J connectivity index is 1.75. The van der Waals surface area contributed by atoms with Crippen molar-refractivity contribution in [2.45, 2.75) is 152 Å². The molecule has 0 aromatic carbocycles. The highest BCUT2D eigenvalue weighted by Crippen LogP contribution is 2.51. The van der Waals surface area contributed by atoms with Gasteiger partial charge in [-0.05, 0) is 78.6 Å². The number of amides is 1. The number of aliphatic hydroxyl groups is 7. The van der Waals surface area contributed by atoms with Crippen molar-refractivity contribution < 1.29 is 69.5 Å². The second-order valence-corrected chi connectivity index (χ2v) is 15.3. The largest absolute Gasteiger partial charge is 0.481 e. The molecule has 0 bridgehead atoms. The van der Waals surface area contributed by atoms with Crippen LogP contribution in [0.15, 0.2) is 0 Å². The molecule has 9 atom stereocenters. The number of nitrogens with one attached hydrogen (secondary N) is 1. The van der Waals surface area contributed by atoms with Crippen molar-refractivity contribution in [3.63, 3.8) is 0 Å². The lowest BCUT2D eigenvalue weighted by Gasteiger charge is -2.47. The predicted molar refractivity (Wildman–Crippen MR) is 170 cm³/mol. The van der Waals surface area contributed by atoms with E-state index in [0.717, 1.165) is 17.9 Å². The lowest BCUT2D eigenvalue weighted by Crippen LogP contribution is -2.65. The fraction of sp³-hybridized carbons (Fsp3) is 0.938. The Hall–Kier alpha value is -1.54. The molecular formula is C32H60N2O14. The summed E-state index contributed by atoms with van der Waals surface area (Å²) in [4.78, 5) is 28.6. The predicted octanol–water partition coefficient (Wildman–Crippen LogP) is -0.967. The second kappa shape index (κ2) is 17.6. The van der Waals surface area contributed by atoms with Crippen LogP contribution in [0.25, 0.3) is 0 Å². The van der Waals surface area contributed by atoms with Crippen molar-refractivity contribution in [3.05, 3.63) is 0 Å². The lowest BCUT2D eigenvalue weighted by atomic mass is 9.84. The molecule has 1 aliphatic carbocycles. The molecular weight excluding hydrogens is 636 g/mol. The molecule has 282 valence electrons. The van der Waals surface area contributed by atoms with Gasteiger partial charge in [0.25, 0.3) is 0 Å². The maximum Gasteiger partial charge on any atom is 0.303 e. The number of carboxylic acid groups (broad SMARTS) is 1. The van der Waals surface area contributed by atoms with Crippen molar-refractivity contribution in [1.82, 2.24) is 10.4 Å². The number of nitrogens with zero attached hydrogens (tertiary/aromatic N) is 1. The summed E-state index contributed by atoms with van der Waals surface area (Å²) in [7, 11) is 1.40. The molecule has 1 aliphatic heterocycles. The number of carbonyl (C=O) groups excluding carboxylic acids is 1. The third-order valence-corrected chi connectivity index (χ3v) is 9.16. The van der Waals surface area contributed by atoms with Crippen molar-refractivity contribution in [1.29, 1.82) is 0 Å². The Morgan fingerprint density at radius 1 is 1.02 bits per heavy atom. The van der Waals surface area contributed by atoms with Crippen LogP contribution >= 0.6 is 0 Å². The Morgan fingerprint density at radius 3 is 2.21 bits per heavy atom. The van der Waals surface area contributed by atoms with Crippen molar-refractivity contribution in [2.24, 2.45) is 5.41 Å². The van der Waals surface area contributed by atoms with Crippen molar-refractivity contribution in [2.75, 3.05) is 33.4 Å². The fourth-order valence-electron chi connectivity index (χ4n) is 5.47. The monoisotopic (exact) mass is 696 g/mol. The summed E-state index contributed by atoms with van der Waals surface area (Å²) in [5, 5.41) is 86.4. The van der Waals surface area contributed by atoms with E-state index in [9.17, 15) is 45.3 Å². The summed E-state index contributed by atoms with van der Waals surface area (Å²) < 4.78 is 17.1. The molecule has 16 heteroatoms. The number of aliphatic carboxylic acids is 1. The molecule has 48 heavy (non-hydrogen) atoms. The highest BCUT2D eigenvalue weighted by atomic mass is 16.7. The molecule has 0 radical (unpaired) electrons. The van der Waals surface area contributed by atoms with Gasteiger partial charge < -0.3 is 60.4 Å². The van der Waals surface area contributed by atoms with E-state index in [1.807, 2.05) is 34.6 Å². The van der Waals surface area contributed by atoms with Crippen LogP contribution in [0.2, 0.25) is 0 Å². The summed E-state index contributed by atoms with van der Waals surface area (Å²) in [6, 6.07) is 0. The number of hydrogen-bond acceptors (Lipinski definition) is 14. The van der Waals surface area contributed by atoms with Crippen LogP contribution in [0.4, 0.5) is 0 Å². The lowest BCUT2D eigenvalue weighted by molar-refractivity contribution is -0.339. The Kier molecular flexibility index (Phi) is 15.6. The first-order chi connectivity index (χ1) is 22.0. The van der Waals surface area contributed by atoms with Gasteiger partial charge in [0.05, 0.1) is 31.0 Å². The van der Waals surface area contributed by atoms with Crippen LogP contribution in [0.3, 0.4) is 0 Å². The quantitative estimate of drug-likeness (QED) is 0.0618. The minimum Gasteiger partial charge on any atom is -0.481 e. The summed E-state index contributed by atoms with van der Waals surface area (Å²) in [5.74, 6) is -1.31. The first kappa shape index (κ1) is 42.6. The number of likely N-dealkylation sites (N-methyl/N-ethyl adjacent to an activating group) is 1. The van der Waals surface area contributed by atoms with E-state index < -0.39 is 90.8 Å². The topological polar surface area (TPSA) is 248 Å². The number of hydroxylamine groups is 2. The smallest absolute Gasteiger partial charge is 0.303 e. The van der Waals surface area contributed by atoms with E-state index in [1.54, 1.807) is 0 Å². The Labute approximate surface area is 282 Å². The zero-order valence-electron chi connectivity index (χ0n) is 29.4. The summed E-state index contributed by atoms with van der Waals surface area (Å²) in [6.45, 7) is 9.53. The number of aliphatic hydroxyl groups excluding tert-OH is 6. The molecule has 9 N–H and O–H groups in total. The van der Waals surface area contributed by atoms with Crippen LogP contribution in [-0.2, 0) is 28.6 Å². The molecule has 0 aromatic rings. The fourth-order valence-corrected chi connectivity index (χ4v) is 5.47. The minimum atomic E-state index is -2.04. The van der Waals surface area contributed by atoms with Crippen LogP contribution in [0.1, 0.15) is 86.5 Å². The number of carbonyl (C=O) groups is 2. The first-order valence-corrected chi connectivity index (χ1v) is 16.6. The first-order valence-electron chi connectivity index (χ1n) is 16.6. The number of hydrogen-bond donors (Lipinski definition) is 9. The van der Waals surface area contributed by atoms with Gasteiger partial charge in [0.2, 0.25) is 5.91 Å². The van der Waals surface area contributed by atoms with Gasteiger partial charge in [0.15, 0.2) is 6.29 Å². The van der Waals surface area contributed by atoms with Gasteiger partial charge >= 0.3 is 5.97 Å². The van der Waals surface area contributed by atoms with Gasteiger partial charge in [-0.25, -0.2) is 0 Å². The molecule has 0 aromatic heterocycles. The minimum absolute atomic E-state index is 0.0490. The molecule has 9 unspecified atom stereocenters. The molecule has 1 saturated heterocycles. The summed E-state index contributed by atoms with van der Waals surface area (Å²) in [6.07, 6.45) is -8.47. The van der Waals surface area contributed by atoms with E-state index in [-0.39, 0.29) is 18.4 Å². The molecule has 1 heterocycles. The Bertz CT molecular complexity index is 1020. The van der Waals surface area contributed by atoms with E-state index in [0.29, 0.717) is 32.3 Å². The molecule has 2 aliphatic rings. The van der Waals surface area contributed by atoms with Crippen LogP contribution in [0.5, 0.6) is 0 Å². The zero-order chi connectivity index (χ0) is 36.7. The third kappa shape index (κ3) is 13.6. The standard InChI is InChI=1S/C32H60N2O14/c1-29(2,13-14-46-30(3,4)10-8-9-23(38)39)33-22(37)18-47-34(7)16-19(35)24(40)25(41)20(36)17-45-28-32(6,44)27(43)26(42)21(48-28)15-31(5)11-12-31/h19-21,24-28,35-36,40-44H,8-18H2,1-7H3,(H,33,37)(H,38,39). The van der Waals surface area contributed by atoms with Crippen molar-refractivity contribution >= 4 is 11.9 Å². The molecule has 0 spiro atoms. The summed E-state index contributed by atoms with van der Waals surface area (Å²) in [5.41, 5.74) is -3.26. The van der Waals surface area contributed by atoms with E-state index in [4.69, 9.17) is 24.2 Å². The number of ether oxygens (including phenoxy) is 3. The molecule has 1 saturated carbocycles. The average molecular weight is 697 g/mol. The second-order valence-electron chi connectivity index (χ2n) is 15.3. The maximum absolute atomic E-state index is 12.5. The third-order valence-electron chi connectivity index (χ3n) is 9.16. The van der Waals surface area contributed by atoms with Gasteiger partial charge in [-0.3, -0.25) is 14.4 Å². The van der Waals surface area contributed by atoms with Gasteiger partial charge in [-0.2, -0.15) is 5.06 Å². The van der Waals surface area contributed by atoms with Gasteiger partial charge in [-0.15, -0.1) is 0 Å². The number of carboxylic acids is 1. The highest BCUT2D eigenvalue weighted by molar-refractivity contribution is 5.77. The van der Waals surface area contributed by atoms with Gasteiger partial charge in [0.1, 0.15) is 42.7 Å². The molecule has 2 fully saturated rings. The van der Waals surface area contributed by atoms with E-state index >= 15 is 0 Å². The normalized spacial score (nSPS) is 28.5. The maximum atomic E-state index is 12.5. The summed E-state index contributed by atoms with van der Waals surface area (Å²) >= 11 is 0. The van der Waals surface area contributed by atoms with E-state index in [2.05, 4.69) is 5.32 Å². The molecule has 1 amide bonds. The molecule has 16 nitrogen and oxygen atoms in total. The van der Waals surface area contributed by atoms with Gasteiger partial charge in [-0.1, -0.05) is 6.92 Å².